The van der Waals surface area contributed by atoms with Gasteiger partial charge >= 0.3 is 6.18 Å². The van der Waals surface area contributed by atoms with Crippen LogP contribution in [0, 0.1) is 6.92 Å². The number of rotatable bonds is 3. The summed E-state index contributed by atoms with van der Waals surface area (Å²) in [7, 11) is 0. The van der Waals surface area contributed by atoms with Crippen molar-refractivity contribution in [2.75, 3.05) is 0 Å². The fraction of sp³-hybridized carbons (Fsp3) is 0.250. The number of benzene rings is 2. The van der Waals surface area contributed by atoms with Crippen LogP contribution in [0.25, 0.3) is 0 Å². The van der Waals surface area contributed by atoms with Crippen LogP contribution >= 0.6 is 31.9 Å². The molecule has 0 spiro atoms. The summed E-state index contributed by atoms with van der Waals surface area (Å²) < 4.78 is 38.6. The molecule has 0 nitrogen and oxygen atoms in total. The van der Waals surface area contributed by atoms with Crippen molar-refractivity contribution in [1.29, 1.82) is 0 Å². The molecular formula is C16H13Br2F3. The van der Waals surface area contributed by atoms with Gasteiger partial charge in [0, 0.05) is 9.30 Å². The highest BCUT2D eigenvalue weighted by Crippen LogP contribution is 2.35. The van der Waals surface area contributed by atoms with Gasteiger partial charge in [0.25, 0.3) is 0 Å². The second-order valence-corrected chi connectivity index (χ2v) is 6.74. The molecule has 0 heterocycles. The van der Waals surface area contributed by atoms with Crippen LogP contribution in [-0.4, -0.2) is 0 Å². The molecule has 0 aliphatic heterocycles. The van der Waals surface area contributed by atoms with Gasteiger partial charge in [0.1, 0.15) is 0 Å². The molecule has 0 N–H and O–H groups in total. The zero-order valence-corrected chi connectivity index (χ0v) is 14.4. The average Bonchev–Trinajstić information content (AvgIpc) is 2.41. The monoisotopic (exact) mass is 420 g/mol. The van der Waals surface area contributed by atoms with Crippen LogP contribution in [0.2, 0.25) is 0 Å². The highest BCUT2D eigenvalue weighted by Gasteiger charge is 2.30. The maximum Gasteiger partial charge on any atom is 0.416 e. The molecule has 5 heteroatoms. The minimum absolute atomic E-state index is 0.0449. The summed E-state index contributed by atoms with van der Waals surface area (Å²) in [6.07, 6.45) is -3.66. The summed E-state index contributed by atoms with van der Waals surface area (Å²) in [5.74, 6) is 0. The lowest BCUT2D eigenvalue weighted by atomic mass is 10.0. The van der Waals surface area contributed by atoms with Gasteiger partial charge in [0.2, 0.25) is 0 Å². The first kappa shape index (κ1) is 16.6. The van der Waals surface area contributed by atoms with Gasteiger partial charge in [0.05, 0.1) is 5.56 Å². The topological polar surface area (TPSA) is 0 Å². The summed E-state index contributed by atoms with van der Waals surface area (Å²) in [6, 6.07) is 11.3. The summed E-state index contributed by atoms with van der Waals surface area (Å²) in [4.78, 5) is 0.0449. The lowest BCUT2D eigenvalue weighted by molar-refractivity contribution is -0.137. The smallest absolute Gasteiger partial charge is 0.166 e. The Morgan fingerprint density at radius 1 is 1.05 bits per heavy atom. The Labute approximate surface area is 138 Å². The second kappa shape index (κ2) is 6.53. The largest absolute Gasteiger partial charge is 0.416 e. The van der Waals surface area contributed by atoms with E-state index in [-0.39, 0.29) is 4.83 Å². The minimum Gasteiger partial charge on any atom is -0.166 e. The first-order chi connectivity index (χ1) is 9.79. The van der Waals surface area contributed by atoms with Crippen LogP contribution < -0.4 is 0 Å². The van der Waals surface area contributed by atoms with Gasteiger partial charge in [0.15, 0.2) is 0 Å². The molecule has 2 aromatic rings. The zero-order valence-electron chi connectivity index (χ0n) is 11.2. The first-order valence-corrected chi connectivity index (χ1v) is 8.05. The van der Waals surface area contributed by atoms with Crippen molar-refractivity contribution in [3.8, 4) is 0 Å². The fourth-order valence-corrected chi connectivity index (χ4v) is 3.66. The fourth-order valence-electron chi connectivity index (χ4n) is 2.06. The molecule has 112 valence electrons. The Balaban J connectivity index is 2.16. The molecule has 2 rings (SSSR count). The van der Waals surface area contributed by atoms with Gasteiger partial charge in [-0.2, -0.15) is 13.2 Å². The molecule has 0 aromatic heterocycles. The van der Waals surface area contributed by atoms with Crippen LogP contribution in [0.5, 0.6) is 0 Å². The third kappa shape index (κ3) is 4.10. The van der Waals surface area contributed by atoms with E-state index in [0.717, 1.165) is 33.3 Å². The lowest BCUT2D eigenvalue weighted by Crippen LogP contribution is -2.05. The maximum atomic E-state index is 12.5. The van der Waals surface area contributed by atoms with Gasteiger partial charge in [-0.05, 0) is 42.2 Å². The standard InChI is InChI=1S/C16H13Br2F3/c1-10-3-2-4-13(15(10)18)14(17)9-11-5-7-12(8-6-11)16(19,20)21/h2-8,14H,9H2,1H3. The second-order valence-electron chi connectivity index (χ2n) is 4.84. The van der Waals surface area contributed by atoms with Crippen LogP contribution in [0.15, 0.2) is 46.9 Å². The van der Waals surface area contributed by atoms with E-state index in [4.69, 9.17) is 0 Å². The molecule has 0 radical (unpaired) electrons. The van der Waals surface area contributed by atoms with Crippen LogP contribution in [0.3, 0.4) is 0 Å². The van der Waals surface area contributed by atoms with Gasteiger partial charge in [-0.1, -0.05) is 62.2 Å². The SMILES string of the molecule is Cc1cccc(C(Br)Cc2ccc(C(F)(F)F)cc2)c1Br. The molecule has 0 amide bonds. The number of hydrogen-bond acceptors (Lipinski definition) is 0. The van der Waals surface area contributed by atoms with Crippen molar-refractivity contribution in [3.05, 3.63) is 69.2 Å². The zero-order chi connectivity index (χ0) is 15.6. The molecule has 1 unspecified atom stereocenters. The molecule has 2 aromatic carbocycles. The van der Waals surface area contributed by atoms with E-state index in [9.17, 15) is 13.2 Å². The molecule has 21 heavy (non-hydrogen) atoms. The predicted octanol–water partition coefficient (Wildman–Crippen LogP) is 6.46. The van der Waals surface area contributed by atoms with Gasteiger partial charge in [-0.15, -0.1) is 0 Å². The lowest BCUT2D eigenvalue weighted by Gasteiger charge is -2.14. The van der Waals surface area contributed by atoms with Gasteiger partial charge in [-0.3, -0.25) is 0 Å². The Kier molecular flexibility index (Phi) is 5.15. The molecule has 0 fully saturated rings. The molecule has 0 aliphatic carbocycles. The first-order valence-electron chi connectivity index (χ1n) is 6.34. The molecule has 0 saturated heterocycles. The summed E-state index contributed by atoms with van der Waals surface area (Å²) in [5.41, 5.74) is 2.46. The quantitative estimate of drug-likeness (QED) is 0.499. The molecule has 0 aliphatic rings. The Hall–Kier alpha value is -0.810. The Morgan fingerprint density at radius 3 is 2.24 bits per heavy atom. The third-order valence-corrected chi connectivity index (χ3v) is 5.16. The average molecular weight is 422 g/mol. The predicted molar refractivity (Wildman–Crippen MR) is 85.7 cm³/mol. The van der Waals surface area contributed by atoms with Crippen molar-refractivity contribution >= 4 is 31.9 Å². The van der Waals surface area contributed by atoms with E-state index in [1.165, 1.54) is 12.1 Å². The van der Waals surface area contributed by atoms with E-state index in [2.05, 4.69) is 31.9 Å². The van der Waals surface area contributed by atoms with Crippen molar-refractivity contribution in [3.63, 3.8) is 0 Å². The van der Waals surface area contributed by atoms with E-state index in [0.29, 0.717) is 6.42 Å². The highest BCUT2D eigenvalue weighted by molar-refractivity contribution is 9.11. The van der Waals surface area contributed by atoms with Crippen LogP contribution in [0.4, 0.5) is 13.2 Å². The van der Waals surface area contributed by atoms with Crippen LogP contribution in [-0.2, 0) is 12.6 Å². The summed E-state index contributed by atoms with van der Waals surface area (Å²) in [6.45, 7) is 2.01. The van der Waals surface area contributed by atoms with E-state index in [1.807, 2.05) is 25.1 Å². The van der Waals surface area contributed by atoms with Crippen molar-refractivity contribution in [2.24, 2.45) is 0 Å². The number of alkyl halides is 4. The molecular weight excluding hydrogens is 409 g/mol. The van der Waals surface area contributed by atoms with E-state index in [1.54, 1.807) is 0 Å². The minimum atomic E-state index is -4.29. The normalized spacial score (nSPS) is 13.2. The highest BCUT2D eigenvalue weighted by atomic mass is 79.9. The van der Waals surface area contributed by atoms with Crippen molar-refractivity contribution in [2.45, 2.75) is 24.3 Å². The van der Waals surface area contributed by atoms with E-state index >= 15 is 0 Å². The van der Waals surface area contributed by atoms with Gasteiger partial charge < -0.3 is 0 Å². The molecule has 1 atom stereocenters. The van der Waals surface area contributed by atoms with Crippen LogP contribution in [0.1, 0.15) is 27.1 Å². The Morgan fingerprint density at radius 2 is 1.67 bits per heavy atom. The maximum absolute atomic E-state index is 12.5. The van der Waals surface area contributed by atoms with Crippen molar-refractivity contribution < 1.29 is 13.2 Å². The number of halogens is 5. The number of hydrogen-bond donors (Lipinski definition) is 0. The third-order valence-electron chi connectivity index (χ3n) is 3.26. The summed E-state index contributed by atoms with van der Waals surface area (Å²) in [5, 5.41) is 0. The van der Waals surface area contributed by atoms with Crippen molar-refractivity contribution in [1.82, 2.24) is 0 Å². The summed E-state index contributed by atoms with van der Waals surface area (Å²) >= 11 is 7.17. The van der Waals surface area contributed by atoms with E-state index < -0.39 is 11.7 Å². The Bertz CT molecular complexity index is 618. The molecule has 0 saturated carbocycles. The number of aryl methyl sites for hydroxylation is 1. The van der Waals surface area contributed by atoms with Gasteiger partial charge in [-0.25, -0.2) is 0 Å². The molecule has 0 bridgehead atoms.